The third kappa shape index (κ3) is 7.60. The molecule has 0 aliphatic heterocycles. The molecule has 4 N–H and O–H groups in total. The van der Waals surface area contributed by atoms with Crippen molar-refractivity contribution in [2.24, 2.45) is 11.1 Å². The van der Waals surface area contributed by atoms with Gasteiger partial charge in [0.1, 0.15) is 6.04 Å². The first-order valence-electron chi connectivity index (χ1n) is 3.22. The van der Waals surface area contributed by atoms with E-state index in [0.717, 1.165) is 0 Å². The fourth-order valence-electron chi connectivity index (χ4n) is 0.370. The van der Waals surface area contributed by atoms with Gasteiger partial charge in [-0.15, -0.1) is 0 Å². The van der Waals surface area contributed by atoms with Gasteiger partial charge in [0.25, 0.3) is 0 Å². The van der Waals surface area contributed by atoms with E-state index in [1.807, 2.05) is 0 Å². The highest BCUT2D eigenvalue weighted by Gasteiger charge is 2.26. The molecule has 5 nitrogen and oxygen atoms in total. The zero-order valence-electron chi connectivity index (χ0n) is 7.31. The second kappa shape index (κ2) is 6.06. The quantitative estimate of drug-likeness (QED) is 0.532. The average molecular weight is 195 g/mol. The summed E-state index contributed by atoms with van der Waals surface area (Å²) in [6.45, 7) is 5.39. The van der Waals surface area contributed by atoms with Gasteiger partial charge >= 0.3 is 14.7 Å². The topological polar surface area (TPSA) is 101 Å². The van der Waals surface area contributed by atoms with Crippen LogP contribution in [0.3, 0.4) is 0 Å². The van der Waals surface area contributed by atoms with Crippen LogP contribution in [0.25, 0.3) is 0 Å². The maximum Gasteiger partial charge on any atom is 0.324 e. The summed E-state index contributed by atoms with van der Waals surface area (Å²) in [4.78, 5) is 17.2. The van der Waals surface area contributed by atoms with Crippen LogP contribution in [0.4, 0.5) is 0 Å². The van der Waals surface area contributed by atoms with Crippen molar-refractivity contribution in [2.45, 2.75) is 26.8 Å². The first-order chi connectivity index (χ1) is 5.27. The first kappa shape index (κ1) is 14.0. The first-order valence-corrected chi connectivity index (χ1v) is 3.99. The molecular formula is C6H14NO4P. The molecule has 0 bridgehead atoms. The largest absolute Gasteiger partial charge is 0.480 e. The number of nitrogens with two attached hydrogens (primary N) is 1. The highest BCUT2D eigenvalue weighted by Crippen LogP contribution is 2.16. The summed E-state index contributed by atoms with van der Waals surface area (Å²) in [7, 11) is -0.833. The Bertz CT molecular complexity index is 154. The Labute approximate surface area is 72.9 Å². The van der Waals surface area contributed by atoms with Gasteiger partial charge in [0.2, 0.25) is 0 Å². The van der Waals surface area contributed by atoms with Crippen LogP contribution in [0.1, 0.15) is 20.8 Å². The molecule has 1 atom stereocenters. The summed E-state index contributed by atoms with van der Waals surface area (Å²) in [5, 5.41) is 8.39. The van der Waals surface area contributed by atoms with E-state index in [2.05, 4.69) is 0 Å². The average Bonchev–Trinajstić information content (AvgIpc) is 1.85. The van der Waals surface area contributed by atoms with Crippen molar-refractivity contribution in [3.05, 3.63) is 0 Å². The van der Waals surface area contributed by atoms with E-state index in [1.165, 1.54) is 0 Å². The van der Waals surface area contributed by atoms with Crippen molar-refractivity contribution in [3.8, 4) is 0 Å². The minimum absolute atomic E-state index is 0.341. The lowest BCUT2D eigenvalue weighted by molar-refractivity contribution is -0.141. The summed E-state index contributed by atoms with van der Waals surface area (Å²) < 4.78 is 8.46. The van der Waals surface area contributed by atoms with Crippen LogP contribution >= 0.6 is 8.69 Å². The Balaban J connectivity index is 0. The van der Waals surface area contributed by atoms with Gasteiger partial charge in [-0.05, 0) is 5.41 Å². The number of carbonyl (C=O) groups is 1. The summed E-state index contributed by atoms with van der Waals surface area (Å²) >= 11 is 0. The highest BCUT2D eigenvalue weighted by atomic mass is 31.1. The van der Waals surface area contributed by atoms with E-state index in [1.54, 1.807) is 20.8 Å². The molecule has 72 valence electrons. The molecule has 1 unspecified atom stereocenters. The van der Waals surface area contributed by atoms with E-state index in [0.29, 0.717) is 0 Å². The fourth-order valence-corrected chi connectivity index (χ4v) is 0.370. The zero-order chi connectivity index (χ0) is 10.4. The maximum atomic E-state index is 10.2. The van der Waals surface area contributed by atoms with Gasteiger partial charge in [-0.25, -0.2) is 4.57 Å². The molecule has 0 heterocycles. The molecule has 0 spiro atoms. The van der Waals surface area contributed by atoms with E-state index in [9.17, 15) is 4.79 Å². The molecule has 0 aliphatic rings. The Morgan fingerprint density at radius 2 is 1.75 bits per heavy atom. The fraction of sp³-hybridized carbons (Fsp3) is 0.833. The molecule has 0 radical (unpaired) electrons. The molecule has 0 aliphatic carbocycles. The third-order valence-electron chi connectivity index (χ3n) is 1.20. The highest BCUT2D eigenvalue weighted by molar-refractivity contribution is 7.16. The number of rotatable bonds is 1. The normalized spacial score (nSPS) is 13.1. The van der Waals surface area contributed by atoms with Crippen LogP contribution in [-0.2, 0) is 9.36 Å². The molecule has 6 heteroatoms. The lowest BCUT2D eigenvalue weighted by Gasteiger charge is -2.22. The second-order valence-electron chi connectivity index (χ2n) is 3.26. The SMILES string of the molecule is CC(C)(C)C(N)C(=O)O.O=PO. The standard InChI is InChI=1S/C6H13NO2.HO2P/c1-6(2,3)4(7)5(8)9;1-3-2/h4H,7H2,1-3H3,(H,8,9);(H,1,2). The molecule has 0 amide bonds. The van der Waals surface area contributed by atoms with Crippen molar-refractivity contribution in [1.82, 2.24) is 0 Å². The van der Waals surface area contributed by atoms with E-state index in [4.69, 9.17) is 20.3 Å². The van der Waals surface area contributed by atoms with Crippen LogP contribution in [0, 0.1) is 5.41 Å². The Kier molecular flexibility index (Phi) is 7.09. The van der Waals surface area contributed by atoms with Crippen molar-refractivity contribution < 1.29 is 19.4 Å². The van der Waals surface area contributed by atoms with Crippen molar-refractivity contribution in [1.29, 1.82) is 0 Å². The number of hydrogen-bond donors (Lipinski definition) is 3. The monoisotopic (exact) mass is 195 g/mol. The number of hydrogen-bond acceptors (Lipinski definition) is 3. The molecule has 0 aromatic carbocycles. The molecule has 0 fully saturated rings. The number of aliphatic carboxylic acids is 1. The van der Waals surface area contributed by atoms with Crippen LogP contribution < -0.4 is 5.73 Å². The van der Waals surface area contributed by atoms with Crippen molar-refractivity contribution in [3.63, 3.8) is 0 Å². The van der Waals surface area contributed by atoms with E-state index < -0.39 is 20.7 Å². The molecule has 0 aromatic rings. The molecule has 0 aromatic heterocycles. The van der Waals surface area contributed by atoms with Gasteiger partial charge in [-0.1, -0.05) is 20.8 Å². The number of carboxylic acids is 1. The van der Waals surface area contributed by atoms with Crippen LogP contribution in [0.15, 0.2) is 0 Å². The third-order valence-corrected chi connectivity index (χ3v) is 1.20. The van der Waals surface area contributed by atoms with Gasteiger partial charge in [0.15, 0.2) is 0 Å². The molecule has 0 saturated heterocycles. The maximum absolute atomic E-state index is 10.2. The second-order valence-corrected chi connectivity index (χ2v) is 3.43. The summed E-state index contributed by atoms with van der Waals surface area (Å²) in [5.74, 6) is -0.942. The van der Waals surface area contributed by atoms with Crippen LogP contribution in [-0.4, -0.2) is 22.0 Å². The molecular weight excluding hydrogens is 181 g/mol. The van der Waals surface area contributed by atoms with Crippen molar-refractivity contribution in [2.75, 3.05) is 0 Å². The Morgan fingerprint density at radius 1 is 1.50 bits per heavy atom. The molecule has 12 heavy (non-hydrogen) atoms. The van der Waals surface area contributed by atoms with Gasteiger partial charge in [-0.3, -0.25) is 4.79 Å². The van der Waals surface area contributed by atoms with E-state index >= 15 is 0 Å². The van der Waals surface area contributed by atoms with E-state index in [-0.39, 0.29) is 5.41 Å². The summed E-state index contributed by atoms with van der Waals surface area (Å²) in [5.41, 5.74) is 4.95. The van der Waals surface area contributed by atoms with Crippen molar-refractivity contribution >= 4 is 14.7 Å². The lowest BCUT2D eigenvalue weighted by atomic mass is 9.88. The molecule has 0 saturated carbocycles. The van der Waals surface area contributed by atoms with Gasteiger partial charge in [0, 0.05) is 0 Å². The number of carboxylic acid groups (broad SMARTS) is 1. The predicted molar refractivity (Wildman–Crippen MR) is 44.9 cm³/mol. The molecule has 0 rings (SSSR count). The minimum atomic E-state index is -0.942. The van der Waals surface area contributed by atoms with Crippen LogP contribution in [0.2, 0.25) is 0 Å². The zero-order valence-corrected chi connectivity index (χ0v) is 8.21. The summed E-state index contributed by atoms with van der Waals surface area (Å²) in [6, 6.07) is -0.766. The lowest BCUT2D eigenvalue weighted by Crippen LogP contribution is -2.41. The smallest absolute Gasteiger partial charge is 0.324 e. The predicted octanol–water partition coefficient (Wildman–Crippen LogP) is 0.630. The Morgan fingerprint density at radius 3 is 1.75 bits per heavy atom. The van der Waals surface area contributed by atoms with Gasteiger partial charge < -0.3 is 15.7 Å². The Hall–Kier alpha value is -0.510. The summed E-state index contributed by atoms with van der Waals surface area (Å²) in [6.07, 6.45) is 0. The minimum Gasteiger partial charge on any atom is -0.480 e. The van der Waals surface area contributed by atoms with Crippen LogP contribution in [0.5, 0.6) is 0 Å². The van der Waals surface area contributed by atoms with Gasteiger partial charge in [-0.2, -0.15) is 0 Å². The van der Waals surface area contributed by atoms with Gasteiger partial charge in [0.05, 0.1) is 0 Å².